The first kappa shape index (κ1) is 22.4. The molecule has 0 spiro atoms. The van der Waals surface area contributed by atoms with E-state index in [0.717, 1.165) is 35.9 Å². The summed E-state index contributed by atoms with van der Waals surface area (Å²) in [4.78, 5) is 30.1. The number of fused-ring (bicyclic) bond motifs is 6. The standard InChI is InChI=1S/C27H32N2O4S/c1-25-11-9-16(30)13-15(25)7-8-17-18-10-12-27(33,26(18,2)14-20(31)22(17)25)23(32)29-24-28-19-5-3-4-6-21(19)34-24/h3-6,13,17-18,20,22,31,33H,7-12,14H2,1-2H3,(H,28,29,32)/t17?,18?,20?,22?,25?,26?,27-/m0/s1. The number of anilines is 1. The maximum atomic E-state index is 13.5. The van der Waals surface area contributed by atoms with E-state index in [0.29, 0.717) is 24.4 Å². The minimum atomic E-state index is -1.55. The second-order valence-electron chi connectivity index (χ2n) is 11.4. The van der Waals surface area contributed by atoms with Gasteiger partial charge in [-0.05, 0) is 79.9 Å². The summed E-state index contributed by atoms with van der Waals surface area (Å²) in [6, 6.07) is 7.73. The maximum absolute atomic E-state index is 13.5. The van der Waals surface area contributed by atoms with Gasteiger partial charge in [0.05, 0.1) is 16.3 Å². The lowest BCUT2D eigenvalue weighted by Gasteiger charge is -2.60. The molecule has 1 aromatic heterocycles. The lowest BCUT2D eigenvalue weighted by atomic mass is 9.45. The zero-order valence-electron chi connectivity index (χ0n) is 19.7. The van der Waals surface area contributed by atoms with Crippen molar-refractivity contribution in [1.29, 1.82) is 0 Å². The van der Waals surface area contributed by atoms with Gasteiger partial charge in [0.2, 0.25) is 0 Å². The summed E-state index contributed by atoms with van der Waals surface area (Å²) in [6.45, 7) is 4.22. The van der Waals surface area contributed by atoms with Gasteiger partial charge < -0.3 is 10.2 Å². The smallest absolute Gasteiger partial charge is 0.258 e. The minimum Gasteiger partial charge on any atom is -0.393 e. The zero-order valence-corrected chi connectivity index (χ0v) is 20.5. The van der Waals surface area contributed by atoms with E-state index < -0.39 is 23.0 Å². The van der Waals surface area contributed by atoms with E-state index in [4.69, 9.17) is 0 Å². The predicted molar refractivity (Wildman–Crippen MR) is 131 cm³/mol. The van der Waals surface area contributed by atoms with E-state index in [-0.39, 0.29) is 29.0 Å². The normalized spacial score (nSPS) is 41.4. The molecule has 7 atom stereocenters. The molecule has 0 bridgehead atoms. The van der Waals surface area contributed by atoms with Gasteiger partial charge in [-0.15, -0.1) is 0 Å². The number of thiazole rings is 1. The van der Waals surface area contributed by atoms with Gasteiger partial charge in [0.15, 0.2) is 10.9 Å². The Balaban J connectivity index is 1.30. The van der Waals surface area contributed by atoms with E-state index in [9.17, 15) is 19.8 Å². The highest BCUT2D eigenvalue weighted by Crippen LogP contribution is 2.67. The fourth-order valence-electron chi connectivity index (χ4n) is 8.19. The number of ketones is 1. The number of hydrogen-bond acceptors (Lipinski definition) is 6. The van der Waals surface area contributed by atoms with E-state index in [1.807, 2.05) is 37.3 Å². The molecule has 7 heteroatoms. The molecular weight excluding hydrogens is 448 g/mol. The molecule has 180 valence electrons. The van der Waals surface area contributed by atoms with Crippen LogP contribution in [0.4, 0.5) is 5.13 Å². The van der Waals surface area contributed by atoms with Crippen molar-refractivity contribution in [3.05, 3.63) is 35.9 Å². The van der Waals surface area contributed by atoms with Crippen molar-refractivity contribution in [3.63, 3.8) is 0 Å². The van der Waals surface area contributed by atoms with Gasteiger partial charge in [-0.1, -0.05) is 42.9 Å². The molecule has 2 aromatic rings. The molecule has 4 aliphatic carbocycles. The van der Waals surface area contributed by atoms with Crippen molar-refractivity contribution in [1.82, 2.24) is 4.98 Å². The average molecular weight is 481 g/mol. The molecule has 0 saturated heterocycles. The number of amides is 1. The number of aliphatic hydroxyl groups excluding tert-OH is 1. The van der Waals surface area contributed by atoms with Crippen LogP contribution in [0, 0.1) is 28.6 Å². The first-order valence-corrected chi connectivity index (χ1v) is 13.3. The first-order chi connectivity index (χ1) is 16.2. The summed E-state index contributed by atoms with van der Waals surface area (Å²) in [5.74, 6) is 0.237. The molecule has 34 heavy (non-hydrogen) atoms. The largest absolute Gasteiger partial charge is 0.393 e. The summed E-state index contributed by atoms with van der Waals surface area (Å²) in [5.41, 5.74) is -0.431. The Bertz CT molecular complexity index is 1190. The van der Waals surface area contributed by atoms with Crippen LogP contribution >= 0.6 is 11.3 Å². The van der Waals surface area contributed by atoms with E-state index >= 15 is 0 Å². The highest BCUT2D eigenvalue weighted by Gasteiger charge is 2.68. The average Bonchev–Trinajstić information content (AvgIpc) is 3.32. The number of carbonyl (C=O) groups excluding carboxylic acids is 2. The van der Waals surface area contributed by atoms with Crippen LogP contribution in [0.15, 0.2) is 35.9 Å². The third-order valence-corrected chi connectivity index (χ3v) is 10.9. The Hall–Kier alpha value is -2.09. The molecule has 3 saturated carbocycles. The monoisotopic (exact) mass is 480 g/mol. The molecule has 1 amide bonds. The van der Waals surface area contributed by atoms with Crippen LogP contribution in [0.25, 0.3) is 10.2 Å². The number of rotatable bonds is 2. The van der Waals surface area contributed by atoms with Crippen LogP contribution in [0.1, 0.15) is 58.8 Å². The number of para-hydroxylation sites is 1. The topological polar surface area (TPSA) is 99.5 Å². The Morgan fingerprint density at radius 2 is 1.97 bits per heavy atom. The van der Waals surface area contributed by atoms with Gasteiger partial charge in [-0.2, -0.15) is 0 Å². The molecule has 6 rings (SSSR count). The maximum Gasteiger partial charge on any atom is 0.258 e. The summed E-state index contributed by atoms with van der Waals surface area (Å²) >= 11 is 1.40. The van der Waals surface area contributed by atoms with Crippen molar-refractivity contribution < 1.29 is 19.8 Å². The number of nitrogens with zero attached hydrogens (tertiary/aromatic N) is 1. The molecule has 3 fully saturated rings. The van der Waals surface area contributed by atoms with Crippen molar-refractivity contribution in [2.45, 2.75) is 70.5 Å². The number of hydrogen-bond donors (Lipinski definition) is 3. The fourth-order valence-corrected chi connectivity index (χ4v) is 9.05. The van der Waals surface area contributed by atoms with Crippen LogP contribution < -0.4 is 5.32 Å². The van der Waals surface area contributed by atoms with Crippen LogP contribution in [-0.2, 0) is 9.59 Å². The van der Waals surface area contributed by atoms with Crippen LogP contribution in [0.2, 0.25) is 0 Å². The highest BCUT2D eigenvalue weighted by molar-refractivity contribution is 7.22. The lowest BCUT2D eigenvalue weighted by molar-refractivity contribution is -0.178. The third kappa shape index (κ3) is 2.96. The molecular formula is C27H32N2O4S. The number of nitrogens with one attached hydrogen (secondary N) is 1. The summed E-state index contributed by atoms with van der Waals surface area (Å²) < 4.78 is 0.988. The summed E-state index contributed by atoms with van der Waals surface area (Å²) in [5, 5.41) is 26.8. The third-order valence-electron chi connectivity index (χ3n) is 9.94. The second kappa shape index (κ2) is 7.45. The van der Waals surface area contributed by atoms with Crippen molar-refractivity contribution in [2.24, 2.45) is 28.6 Å². The first-order valence-electron chi connectivity index (χ1n) is 12.5. The fraction of sp³-hybridized carbons (Fsp3) is 0.593. The van der Waals surface area contributed by atoms with Crippen molar-refractivity contribution in [3.8, 4) is 0 Å². The van der Waals surface area contributed by atoms with Gasteiger partial charge in [-0.3, -0.25) is 14.9 Å². The number of carbonyl (C=O) groups is 2. The van der Waals surface area contributed by atoms with Gasteiger partial charge in [0.25, 0.3) is 5.91 Å². The second-order valence-corrected chi connectivity index (χ2v) is 12.4. The van der Waals surface area contributed by atoms with E-state index in [2.05, 4.69) is 17.2 Å². The van der Waals surface area contributed by atoms with Gasteiger partial charge >= 0.3 is 0 Å². The molecule has 0 radical (unpaired) electrons. The van der Waals surface area contributed by atoms with Crippen LogP contribution in [0.5, 0.6) is 0 Å². The van der Waals surface area contributed by atoms with Crippen LogP contribution in [-0.4, -0.2) is 38.6 Å². The Labute approximate surface area is 203 Å². The Kier molecular flexibility index (Phi) is 4.91. The molecule has 1 heterocycles. The van der Waals surface area contributed by atoms with E-state index in [1.165, 1.54) is 16.9 Å². The van der Waals surface area contributed by atoms with Gasteiger partial charge in [0.1, 0.15) is 5.60 Å². The number of aromatic nitrogens is 1. The number of aliphatic hydroxyl groups is 2. The molecule has 4 aliphatic rings. The molecule has 6 unspecified atom stereocenters. The lowest BCUT2D eigenvalue weighted by Crippen LogP contribution is -2.62. The van der Waals surface area contributed by atoms with Gasteiger partial charge in [-0.25, -0.2) is 4.98 Å². The van der Waals surface area contributed by atoms with Gasteiger partial charge in [0, 0.05) is 11.8 Å². The number of allylic oxidation sites excluding steroid dienone is 1. The van der Waals surface area contributed by atoms with E-state index in [1.54, 1.807) is 0 Å². The SMILES string of the molecule is CC12CCC(=O)C=C1CCC1C2C(O)CC2(C)C1CC[C@]2(O)C(=O)Nc1nc2ccccc2s1. The quantitative estimate of drug-likeness (QED) is 0.589. The Morgan fingerprint density at radius 1 is 1.18 bits per heavy atom. The highest BCUT2D eigenvalue weighted by atomic mass is 32.1. The summed E-state index contributed by atoms with van der Waals surface area (Å²) in [6.07, 6.45) is 5.82. The molecule has 3 N–H and O–H groups in total. The van der Waals surface area contributed by atoms with Crippen LogP contribution in [0.3, 0.4) is 0 Å². The van der Waals surface area contributed by atoms with Crippen molar-refractivity contribution >= 4 is 38.4 Å². The Morgan fingerprint density at radius 3 is 2.76 bits per heavy atom. The number of benzene rings is 1. The molecule has 6 nitrogen and oxygen atoms in total. The van der Waals surface area contributed by atoms with Crippen molar-refractivity contribution in [2.75, 3.05) is 5.32 Å². The summed E-state index contributed by atoms with van der Waals surface area (Å²) in [7, 11) is 0. The molecule has 0 aliphatic heterocycles. The molecule has 1 aromatic carbocycles. The minimum absolute atomic E-state index is 0.0633. The zero-order chi connectivity index (χ0) is 23.9. The predicted octanol–water partition coefficient (Wildman–Crippen LogP) is 4.47.